The van der Waals surface area contributed by atoms with Gasteiger partial charge in [0.25, 0.3) is 0 Å². The Balaban J connectivity index is 2.37. The van der Waals surface area contributed by atoms with Crippen molar-refractivity contribution in [3.05, 3.63) is 5.69 Å². The van der Waals surface area contributed by atoms with Crippen LogP contribution in [0, 0.1) is 0 Å². The molecule has 0 saturated carbocycles. The Hall–Kier alpha value is -1.72. The van der Waals surface area contributed by atoms with Crippen molar-refractivity contribution in [3.8, 4) is 0 Å². The van der Waals surface area contributed by atoms with E-state index in [0.29, 0.717) is 5.69 Å². The lowest BCUT2D eigenvalue weighted by Crippen LogP contribution is -2.49. The average Bonchev–Trinajstić information content (AvgIpc) is 2.72. The summed E-state index contributed by atoms with van der Waals surface area (Å²) in [6, 6.07) is -0.138. The van der Waals surface area contributed by atoms with Gasteiger partial charge in [-0.3, -0.25) is 9.48 Å². The first-order valence-corrected chi connectivity index (χ1v) is 6.89. The van der Waals surface area contributed by atoms with E-state index in [1.807, 2.05) is 14.0 Å². The highest BCUT2D eigenvalue weighted by Gasteiger charge is 2.31. The van der Waals surface area contributed by atoms with Crippen LogP contribution in [-0.4, -0.2) is 35.3 Å². The molecular weight excluding hydrogens is 242 g/mol. The Labute approximate surface area is 113 Å². The van der Waals surface area contributed by atoms with E-state index in [-0.39, 0.29) is 11.9 Å². The van der Waals surface area contributed by atoms with Crippen molar-refractivity contribution >= 4 is 17.4 Å². The molecule has 0 radical (unpaired) electrons. The van der Waals surface area contributed by atoms with Crippen molar-refractivity contribution in [2.75, 3.05) is 24.2 Å². The number of amides is 1. The van der Waals surface area contributed by atoms with E-state index in [0.717, 1.165) is 43.7 Å². The van der Waals surface area contributed by atoms with Gasteiger partial charge in [0.1, 0.15) is 6.04 Å². The number of rotatable bonds is 3. The van der Waals surface area contributed by atoms with Crippen LogP contribution in [0.3, 0.4) is 0 Å². The van der Waals surface area contributed by atoms with Gasteiger partial charge in [-0.1, -0.05) is 6.92 Å². The largest absolute Gasteiger partial charge is 0.394 e. The van der Waals surface area contributed by atoms with Crippen LogP contribution in [0.15, 0.2) is 0 Å². The third-order valence-electron chi connectivity index (χ3n) is 3.79. The van der Waals surface area contributed by atoms with E-state index in [2.05, 4.69) is 15.3 Å². The maximum Gasteiger partial charge on any atom is 0.242 e. The number of aromatic nitrogens is 2. The Kier molecular flexibility index (Phi) is 3.97. The predicted octanol–water partition coefficient (Wildman–Crippen LogP) is 0.670. The van der Waals surface area contributed by atoms with Crippen molar-refractivity contribution in [1.82, 2.24) is 15.1 Å². The number of hydrogen-bond acceptors (Lipinski definition) is 4. The third kappa shape index (κ3) is 2.39. The Morgan fingerprint density at radius 1 is 1.53 bits per heavy atom. The molecule has 1 aromatic heterocycles. The highest BCUT2D eigenvalue weighted by atomic mass is 16.2. The number of carbonyl (C=O) groups is 1. The standard InChI is InChI=1S/C13H23N5O/c1-4-9-11(14)13(17(3)16-9)18-8-6-5-7-10(18)12(19)15-2/h10H,4-8,14H2,1-3H3,(H,15,19). The van der Waals surface area contributed by atoms with E-state index >= 15 is 0 Å². The normalized spacial score (nSPS) is 19.5. The topological polar surface area (TPSA) is 76.2 Å². The lowest BCUT2D eigenvalue weighted by atomic mass is 10.0. The molecule has 0 aromatic carbocycles. The van der Waals surface area contributed by atoms with Gasteiger partial charge in [0.2, 0.25) is 5.91 Å². The van der Waals surface area contributed by atoms with Crippen molar-refractivity contribution in [2.45, 2.75) is 38.6 Å². The van der Waals surface area contributed by atoms with Crippen molar-refractivity contribution in [3.63, 3.8) is 0 Å². The zero-order valence-corrected chi connectivity index (χ0v) is 11.9. The van der Waals surface area contributed by atoms with E-state index in [4.69, 9.17) is 5.73 Å². The Bertz CT molecular complexity index is 468. The molecule has 0 spiro atoms. The number of nitrogen functional groups attached to an aromatic ring is 1. The quantitative estimate of drug-likeness (QED) is 0.842. The molecule has 1 fully saturated rings. The van der Waals surface area contributed by atoms with Gasteiger partial charge in [0, 0.05) is 20.6 Å². The van der Waals surface area contributed by atoms with E-state index < -0.39 is 0 Å². The first kappa shape index (κ1) is 13.7. The van der Waals surface area contributed by atoms with Crippen LogP contribution in [0.1, 0.15) is 31.9 Å². The molecule has 2 rings (SSSR count). The van der Waals surface area contributed by atoms with Crippen LogP contribution < -0.4 is 16.0 Å². The molecule has 3 N–H and O–H groups in total. The summed E-state index contributed by atoms with van der Waals surface area (Å²) in [5, 5.41) is 7.18. The molecule has 1 unspecified atom stereocenters. The van der Waals surface area contributed by atoms with Gasteiger partial charge in [0.05, 0.1) is 11.4 Å². The van der Waals surface area contributed by atoms with Crippen molar-refractivity contribution < 1.29 is 4.79 Å². The smallest absolute Gasteiger partial charge is 0.242 e. The molecule has 6 heteroatoms. The SMILES string of the molecule is CCc1nn(C)c(N2CCCCC2C(=O)NC)c1N. The van der Waals surface area contributed by atoms with Gasteiger partial charge >= 0.3 is 0 Å². The Morgan fingerprint density at radius 3 is 2.84 bits per heavy atom. The number of nitrogens with zero attached hydrogens (tertiary/aromatic N) is 3. The minimum atomic E-state index is -0.138. The lowest BCUT2D eigenvalue weighted by molar-refractivity contribution is -0.122. The minimum absolute atomic E-state index is 0.0540. The maximum absolute atomic E-state index is 12.0. The fraction of sp³-hybridized carbons (Fsp3) is 0.692. The zero-order valence-electron chi connectivity index (χ0n) is 11.9. The summed E-state index contributed by atoms with van der Waals surface area (Å²) in [6.45, 7) is 2.89. The van der Waals surface area contributed by atoms with Gasteiger partial charge in [-0.2, -0.15) is 5.10 Å². The summed E-state index contributed by atoms with van der Waals surface area (Å²) in [4.78, 5) is 14.1. The van der Waals surface area contributed by atoms with Gasteiger partial charge in [-0.25, -0.2) is 0 Å². The number of nitrogens with one attached hydrogen (secondary N) is 1. The second kappa shape index (κ2) is 5.50. The van der Waals surface area contributed by atoms with Crippen LogP contribution >= 0.6 is 0 Å². The van der Waals surface area contributed by atoms with Gasteiger partial charge in [-0.15, -0.1) is 0 Å². The average molecular weight is 265 g/mol. The third-order valence-corrected chi connectivity index (χ3v) is 3.79. The molecule has 1 aliphatic rings. The van der Waals surface area contributed by atoms with Crippen LogP contribution in [0.25, 0.3) is 0 Å². The predicted molar refractivity (Wildman–Crippen MR) is 76.1 cm³/mol. The highest BCUT2D eigenvalue weighted by Crippen LogP contribution is 2.31. The van der Waals surface area contributed by atoms with E-state index in [1.165, 1.54) is 0 Å². The number of carbonyl (C=O) groups excluding carboxylic acids is 1. The molecule has 1 aromatic rings. The van der Waals surface area contributed by atoms with Gasteiger partial charge in [0.15, 0.2) is 5.82 Å². The second-order valence-electron chi connectivity index (χ2n) is 4.98. The minimum Gasteiger partial charge on any atom is -0.394 e. The van der Waals surface area contributed by atoms with Crippen LogP contribution in [0.2, 0.25) is 0 Å². The number of nitrogens with two attached hydrogens (primary N) is 1. The van der Waals surface area contributed by atoms with Gasteiger partial charge in [-0.05, 0) is 25.7 Å². The highest BCUT2D eigenvalue weighted by molar-refractivity contribution is 5.86. The molecule has 19 heavy (non-hydrogen) atoms. The van der Waals surface area contributed by atoms with E-state index in [9.17, 15) is 4.79 Å². The molecule has 0 bridgehead atoms. The summed E-state index contributed by atoms with van der Waals surface area (Å²) in [5.41, 5.74) is 7.80. The fourth-order valence-electron chi connectivity index (χ4n) is 2.81. The fourth-order valence-corrected chi connectivity index (χ4v) is 2.81. The molecular formula is C13H23N5O. The van der Waals surface area contributed by atoms with E-state index in [1.54, 1.807) is 11.7 Å². The van der Waals surface area contributed by atoms with Gasteiger partial charge < -0.3 is 16.0 Å². The summed E-state index contributed by atoms with van der Waals surface area (Å²) in [5.74, 6) is 0.934. The molecule has 106 valence electrons. The first-order chi connectivity index (χ1) is 9.10. The molecule has 1 saturated heterocycles. The second-order valence-corrected chi connectivity index (χ2v) is 4.98. The molecule has 1 atom stereocenters. The summed E-state index contributed by atoms with van der Waals surface area (Å²) < 4.78 is 1.80. The number of hydrogen-bond donors (Lipinski definition) is 2. The van der Waals surface area contributed by atoms with Crippen LogP contribution in [-0.2, 0) is 18.3 Å². The Morgan fingerprint density at radius 2 is 2.26 bits per heavy atom. The number of anilines is 2. The van der Waals surface area contributed by atoms with Crippen LogP contribution in [0.4, 0.5) is 11.5 Å². The number of likely N-dealkylation sites (N-methyl/N-ethyl adjacent to an activating group) is 1. The lowest BCUT2D eigenvalue weighted by Gasteiger charge is -2.36. The summed E-state index contributed by atoms with van der Waals surface area (Å²) >= 11 is 0. The zero-order chi connectivity index (χ0) is 14.0. The summed E-state index contributed by atoms with van der Waals surface area (Å²) in [6.07, 6.45) is 3.83. The van der Waals surface area contributed by atoms with Crippen molar-refractivity contribution in [1.29, 1.82) is 0 Å². The first-order valence-electron chi connectivity index (χ1n) is 6.89. The molecule has 6 nitrogen and oxygen atoms in total. The maximum atomic E-state index is 12.0. The number of aryl methyl sites for hydroxylation is 2. The molecule has 1 aliphatic heterocycles. The van der Waals surface area contributed by atoms with Crippen LogP contribution in [0.5, 0.6) is 0 Å². The van der Waals surface area contributed by atoms with Crippen molar-refractivity contribution in [2.24, 2.45) is 7.05 Å². The number of piperidine rings is 1. The molecule has 0 aliphatic carbocycles. The molecule has 1 amide bonds. The molecule has 2 heterocycles. The monoisotopic (exact) mass is 265 g/mol. The summed E-state index contributed by atoms with van der Waals surface area (Å²) in [7, 11) is 3.57.